The fourth-order valence-electron chi connectivity index (χ4n) is 2.22. The summed E-state index contributed by atoms with van der Waals surface area (Å²) in [6.07, 6.45) is 8.64. The van der Waals surface area contributed by atoms with Gasteiger partial charge in [0.05, 0.1) is 6.20 Å². The van der Waals surface area contributed by atoms with E-state index in [-0.39, 0.29) is 5.91 Å². The van der Waals surface area contributed by atoms with Gasteiger partial charge in [-0.3, -0.25) is 9.20 Å². The topological polar surface area (TPSA) is 77.1 Å². The molecular weight excluding hydrogens is 312 g/mol. The van der Waals surface area contributed by atoms with Gasteiger partial charge < -0.3 is 5.32 Å². The zero-order valence-corrected chi connectivity index (χ0v) is 12.8. The van der Waals surface area contributed by atoms with Gasteiger partial charge in [-0.1, -0.05) is 6.07 Å². The highest BCUT2D eigenvalue weighted by Crippen LogP contribution is 2.15. The molecule has 0 bridgehead atoms. The van der Waals surface area contributed by atoms with Crippen LogP contribution in [0.5, 0.6) is 0 Å². The first kappa shape index (κ1) is 13.6. The van der Waals surface area contributed by atoms with E-state index in [1.807, 2.05) is 29.8 Å². The second-order valence-corrected chi connectivity index (χ2v) is 5.77. The normalized spacial score (nSPS) is 11.0. The third-order valence-electron chi connectivity index (χ3n) is 3.39. The number of aromatic nitrogens is 5. The van der Waals surface area contributed by atoms with Crippen LogP contribution in [-0.4, -0.2) is 30.1 Å². The summed E-state index contributed by atoms with van der Waals surface area (Å²) in [6, 6.07) is 5.63. The summed E-state index contributed by atoms with van der Waals surface area (Å²) in [5, 5.41) is 8.84. The van der Waals surface area contributed by atoms with E-state index in [9.17, 15) is 4.79 Å². The van der Waals surface area contributed by atoms with Gasteiger partial charge in [0.1, 0.15) is 16.9 Å². The molecule has 0 fully saturated rings. The lowest BCUT2D eigenvalue weighted by molar-refractivity contribution is 0.0945. The number of nitrogens with zero attached hydrogens (tertiary/aromatic N) is 5. The second kappa shape index (κ2) is 5.65. The third-order valence-corrected chi connectivity index (χ3v) is 4.27. The highest BCUT2D eigenvalue weighted by atomic mass is 32.1. The lowest BCUT2D eigenvalue weighted by Crippen LogP contribution is -2.24. The standard InChI is InChI=1S/C15H12N6OS/c22-15(12-9-23-14-8-16-10-20(12)14)18-7-11-2-3-13(17-6-11)21-5-1-4-19-21/h1-6,8-10H,7H2,(H,18,22). The molecular formula is C15H12N6OS. The van der Waals surface area contributed by atoms with Gasteiger partial charge in [-0.15, -0.1) is 11.3 Å². The smallest absolute Gasteiger partial charge is 0.269 e. The molecule has 114 valence electrons. The lowest BCUT2D eigenvalue weighted by atomic mass is 10.2. The van der Waals surface area contributed by atoms with Crippen molar-refractivity contribution in [2.24, 2.45) is 0 Å². The first-order valence-electron chi connectivity index (χ1n) is 6.94. The number of amides is 1. The molecule has 0 aliphatic rings. The fourth-order valence-corrected chi connectivity index (χ4v) is 3.05. The van der Waals surface area contributed by atoms with Crippen molar-refractivity contribution < 1.29 is 4.79 Å². The number of carbonyl (C=O) groups excluding carboxylic acids is 1. The minimum absolute atomic E-state index is 0.134. The summed E-state index contributed by atoms with van der Waals surface area (Å²) < 4.78 is 3.46. The van der Waals surface area contributed by atoms with Crippen LogP contribution in [0.25, 0.3) is 10.6 Å². The Hall–Kier alpha value is -3.00. The highest BCUT2D eigenvalue weighted by molar-refractivity contribution is 7.15. The van der Waals surface area contributed by atoms with E-state index >= 15 is 0 Å². The van der Waals surface area contributed by atoms with Gasteiger partial charge in [-0.2, -0.15) is 5.10 Å². The van der Waals surface area contributed by atoms with Crippen LogP contribution in [0.3, 0.4) is 0 Å². The fraction of sp³-hybridized carbons (Fsp3) is 0.0667. The summed E-state index contributed by atoms with van der Waals surface area (Å²) in [5.41, 5.74) is 1.51. The maximum absolute atomic E-state index is 12.3. The number of pyridine rings is 1. The van der Waals surface area contributed by atoms with Gasteiger partial charge in [0, 0.05) is 30.5 Å². The summed E-state index contributed by atoms with van der Waals surface area (Å²) >= 11 is 1.49. The average Bonchev–Trinajstić information content (AvgIpc) is 3.29. The zero-order valence-electron chi connectivity index (χ0n) is 12.0. The van der Waals surface area contributed by atoms with E-state index in [1.54, 1.807) is 34.0 Å². The molecule has 8 heteroatoms. The number of imidazole rings is 1. The van der Waals surface area contributed by atoms with Crippen molar-refractivity contribution in [1.29, 1.82) is 0 Å². The molecule has 0 atom stereocenters. The SMILES string of the molecule is O=C(NCc1ccc(-n2cccn2)nc1)c1csc2cncn12. The van der Waals surface area contributed by atoms with Crippen molar-refractivity contribution in [3.63, 3.8) is 0 Å². The summed E-state index contributed by atoms with van der Waals surface area (Å²) in [7, 11) is 0. The number of nitrogens with one attached hydrogen (secondary N) is 1. The van der Waals surface area contributed by atoms with Crippen molar-refractivity contribution in [2.45, 2.75) is 6.54 Å². The Bertz CT molecular complexity index is 938. The maximum Gasteiger partial charge on any atom is 0.269 e. The number of rotatable bonds is 4. The molecule has 0 aromatic carbocycles. The molecule has 0 aliphatic carbocycles. The van der Waals surface area contributed by atoms with Gasteiger partial charge in [0.2, 0.25) is 0 Å². The lowest BCUT2D eigenvalue weighted by Gasteiger charge is -2.05. The Labute approximate surface area is 135 Å². The molecule has 1 amide bonds. The van der Waals surface area contributed by atoms with Crippen LogP contribution < -0.4 is 5.32 Å². The van der Waals surface area contributed by atoms with E-state index in [4.69, 9.17) is 0 Å². The third kappa shape index (κ3) is 2.59. The average molecular weight is 324 g/mol. The Morgan fingerprint density at radius 1 is 1.30 bits per heavy atom. The van der Waals surface area contributed by atoms with Crippen LogP contribution in [0.4, 0.5) is 0 Å². The molecule has 4 rings (SSSR count). The van der Waals surface area contributed by atoms with E-state index in [2.05, 4.69) is 20.4 Å². The maximum atomic E-state index is 12.3. The zero-order chi connectivity index (χ0) is 15.6. The molecule has 0 saturated carbocycles. The van der Waals surface area contributed by atoms with Crippen molar-refractivity contribution in [3.05, 3.63) is 66.0 Å². The molecule has 0 aliphatic heterocycles. The highest BCUT2D eigenvalue weighted by Gasteiger charge is 2.11. The molecule has 4 aromatic heterocycles. The predicted octanol–water partition coefficient (Wildman–Crippen LogP) is 1.91. The van der Waals surface area contributed by atoms with Gasteiger partial charge in [-0.25, -0.2) is 14.6 Å². The minimum atomic E-state index is -0.134. The Morgan fingerprint density at radius 3 is 3.04 bits per heavy atom. The number of carbonyl (C=O) groups is 1. The Kier molecular flexibility index (Phi) is 3.35. The summed E-state index contributed by atoms with van der Waals surface area (Å²) in [4.78, 5) is 21.6. The molecule has 23 heavy (non-hydrogen) atoms. The predicted molar refractivity (Wildman–Crippen MR) is 85.6 cm³/mol. The Balaban J connectivity index is 1.44. The number of hydrogen-bond acceptors (Lipinski definition) is 5. The number of fused-ring (bicyclic) bond motifs is 1. The van der Waals surface area contributed by atoms with Crippen LogP contribution in [0.1, 0.15) is 16.1 Å². The van der Waals surface area contributed by atoms with Crippen LogP contribution in [-0.2, 0) is 6.54 Å². The molecule has 0 unspecified atom stereocenters. The molecule has 4 aromatic rings. The van der Waals surface area contributed by atoms with E-state index in [0.29, 0.717) is 12.2 Å². The van der Waals surface area contributed by atoms with Gasteiger partial charge in [0.15, 0.2) is 5.82 Å². The van der Waals surface area contributed by atoms with Gasteiger partial charge in [0.25, 0.3) is 5.91 Å². The summed E-state index contributed by atoms with van der Waals surface area (Å²) in [6.45, 7) is 0.414. The van der Waals surface area contributed by atoms with Crippen molar-refractivity contribution >= 4 is 22.1 Å². The monoisotopic (exact) mass is 324 g/mol. The van der Waals surface area contributed by atoms with E-state index < -0.39 is 0 Å². The van der Waals surface area contributed by atoms with Crippen molar-refractivity contribution in [2.75, 3.05) is 0 Å². The molecule has 7 nitrogen and oxygen atoms in total. The first-order chi connectivity index (χ1) is 11.3. The Morgan fingerprint density at radius 2 is 2.26 bits per heavy atom. The molecule has 1 N–H and O–H groups in total. The van der Waals surface area contributed by atoms with E-state index in [1.165, 1.54) is 11.3 Å². The molecule has 0 saturated heterocycles. The van der Waals surface area contributed by atoms with Crippen LogP contribution in [0, 0.1) is 0 Å². The van der Waals surface area contributed by atoms with Gasteiger partial charge >= 0.3 is 0 Å². The van der Waals surface area contributed by atoms with Crippen LogP contribution >= 0.6 is 11.3 Å². The first-order valence-corrected chi connectivity index (χ1v) is 7.82. The molecule has 0 spiro atoms. The minimum Gasteiger partial charge on any atom is -0.347 e. The van der Waals surface area contributed by atoms with Crippen molar-refractivity contribution in [1.82, 2.24) is 29.5 Å². The number of hydrogen-bond donors (Lipinski definition) is 1. The molecule has 4 heterocycles. The largest absolute Gasteiger partial charge is 0.347 e. The molecule has 0 radical (unpaired) electrons. The van der Waals surface area contributed by atoms with Crippen LogP contribution in [0.2, 0.25) is 0 Å². The summed E-state index contributed by atoms with van der Waals surface area (Å²) in [5.74, 6) is 0.605. The number of thiazole rings is 1. The quantitative estimate of drug-likeness (QED) is 0.622. The van der Waals surface area contributed by atoms with Crippen molar-refractivity contribution in [3.8, 4) is 5.82 Å². The second-order valence-electron chi connectivity index (χ2n) is 4.88. The van der Waals surface area contributed by atoms with Crippen LogP contribution in [0.15, 0.2) is 54.7 Å². The van der Waals surface area contributed by atoms with Gasteiger partial charge in [-0.05, 0) is 17.7 Å². The van der Waals surface area contributed by atoms with E-state index in [0.717, 1.165) is 16.2 Å².